The van der Waals surface area contributed by atoms with Gasteiger partial charge in [0.25, 0.3) is 11.5 Å². The predicted octanol–water partition coefficient (Wildman–Crippen LogP) is 0.738. The Morgan fingerprint density at radius 1 is 1.27 bits per heavy atom. The second-order valence-corrected chi connectivity index (χ2v) is 8.02. The summed E-state index contributed by atoms with van der Waals surface area (Å²) in [5.74, 6) is -0.538. The van der Waals surface area contributed by atoms with Crippen molar-refractivity contribution in [1.29, 1.82) is 5.26 Å². The summed E-state index contributed by atoms with van der Waals surface area (Å²) in [6.07, 6.45) is 1.11. The SMILES string of the molecule is COc1c(C(=O)NC2CCN(C(=O)CO)CC2)n(C)c2c1c(=O)n(CC#N)c1ccccc21. The maximum absolute atomic E-state index is 13.3. The number of carbonyl (C=O) groups is 2. The monoisotopic (exact) mass is 451 g/mol. The zero-order valence-corrected chi connectivity index (χ0v) is 18.5. The number of pyridine rings is 1. The number of likely N-dealkylation sites (tertiary alicyclic amines) is 1. The highest BCUT2D eigenvalue weighted by molar-refractivity contribution is 6.12. The second kappa shape index (κ2) is 8.96. The molecule has 2 N–H and O–H groups in total. The molecule has 0 unspecified atom stereocenters. The van der Waals surface area contributed by atoms with Crippen molar-refractivity contribution < 1.29 is 19.4 Å². The van der Waals surface area contributed by atoms with E-state index < -0.39 is 12.2 Å². The molecule has 0 aliphatic carbocycles. The topological polar surface area (TPSA) is 130 Å². The van der Waals surface area contributed by atoms with Crippen LogP contribution in [0.3, 0.4) is 0 Å². The number of nitrogens with zero attached hydrogens (tertiary/aromatic N) is 4. The minimum absolute atomic E-state index is 0.125. The number of methoxy groups -OCH3 is 1. The Morgan fingerprint density at radius 2 is 1.97 bits per heavy atom. The van der Waals surface area contributed by atoms with Gasteiger partial charge in [-0.05, 0) is 18.9 Å². The Balaban J connectivity index is 1.77. The Hall–Kier alpha value is -3.84. The number of benzene rings is 1. The summed E-state index contributed by atoms with van der Waals surface area (Å²) in [7, 11) is 3.12. The molecule has 172 valence electrons. The molecule has 0 radical (unpaired) electrons. The number of nitriles is 1. The molecule has 1 aliphatic rings. The van der Waals surface area contributed by atoms with E-state index in [0.717, 1.165) is 5.39 Å². The third-order valence-corrected chi connectivity index (χ3v) is 6.22. The Labute approximate surface area is 189 Å². The number of hydrogen-bond acceptors (Lipinski definition) is 6. The molecule has 10 nitrogen and oxygen atoms in total. The van der Waals surface area contributed by atoms with Gasteiger partial charge in [-0.25, -0.2) is 0 Å². The smallest absolute Gasteiger partial charge is 0.272 e. The fourth-order valence-corrected chi connectivity index (χ4v) is 4.63. The number of ether oxygens (including phenoxy) is 1. The van der Waals surface area contributed by atoms with Crippen molar-refractivity contribution in [3.8, 4) is 11.8 Å². The van der Waals surface area contributed by atoms with Gasteiger partial charge in [-0.3, -0.25) is 19.0 Å². The van der Waals surface area contributed by atoms with Crippen molar-refractivity contribution in [2.75, 3.05) is 26.8 Å². The van der Waals surface area contributed by atoms with E-state index in [1.165, 1.54) is 11.7 Å². The van der Waals surface area contributed by atoms with Crippen LogP contribution in [-0.4, -0.2) is 63.8 Å². The minimum atomic E-state index is -0.526. The molecule has 3 aromatic rings. The zero-order valence-electron chi connectivity index (χ0n) is 18.5. The molecule has 1 saturated heterocycles. The van der Waals surface area contributed by atoms with Gasteiger partial charge in [0.1, 0.15) is 18.5 Å². The zero-order chi connectivity index (χ0) is 23.7. The number of carbonyl (C=O) groups excluding carboxylic acids is 2. The number of para-hydroxylation sites is 1. The number of amides is 2. The van der Waals surface area contributed by atoms with Crippen LogP contribution in [0.15, 0.2) is 29.1 Å². The highest BCUT2D eigenvalue weighted by Crippen LogP contribution is 2.34. The first-order valence-corrected chi connectivity index (χ1v) is 10.7. The Morgan fingerprint density at radius 3 is 2.61 bits per heavy atom. The van der Waals surface area contributed by atoms with Crippen molar-refractivity contribution in [2.45, 2.75) is 25.4 Å². The lowest BCUT2D eigenvalue weighted by molar-refractivity contribution is -0.135. The maximum Gasteiger partial charge on any atom is 0.272 e. The van der Waals surface area contributed by atoms with E-state index in [9.17, 15) is 19.6 Å². The molecule has 0 saturated carbocycles. The van der Waals surface area contributed by atoms with Gasteiger partial charge in [-0.1, -0.05) is 18.2 Å². The summed E-state index contributed by atoms with van der Waals surface area (Å²) in [5.41, 5.74) is 0.994. The Bertz CT molecular complexity index is 1340. The number of aryl methyl sites for hydroxylation is 1. The molecule has 2 amide bonds. The van der Waals surface area contributed by atoms with E-state index in [1.54, 1.807) is 28.6 Å². The fourth-order valence-electron chi connectivity index (χ4n) is 4.63. The number of nitrogens with one attached hydrogen (secondary N) is 1. The molecule has 4 rings (SSSR count). The average Bonchev–Trinajstić information content (AvgIpc) is 3.14. The lowest BCUT2D eigenvalue weighted by Gasteiger charge is -2.32. The number of aliphatic hydroxyl groups is 1. The molecule has 10 heteroatoms. The van der Waals surface area contributed by atoms with E-state index in [4.69, 9.17) is 9.84 Å². The van der Waals surface area contributed by atoms with Gasteiger partial charge < -0.3 is 24.6 Å². The number of piperidine rings is 1. The van der Waals surface area contributed by atoms with Crippen LogP contribution in [0, 0.1) is 11.3 Å². The first-order valence-electron chi connectivity index (χ1n) is 10.7. The van der Waals surface area contributed by atoms with Crippen LogP contribution in [0.25, 0.3) is 21.8 Å². The van der Waals surface area contributed by atoms with Gasteiger partial charge in [-0.15, -0.1) is 0 Å². The molecule has 0 atom stereocenters. The highest BCUT2D eigenvalue weighted by Gasteiger charge is 2.30. The fraction of sp³-hybridized carbons (Fsp3) is 0.391. The molecular formula is C23H25N5O5. The quantitative estimate of drug-likeness (QED) is 0.589. The molecule has 0 bridgehead atoms. The molecule has 1 aromatic carbocycles. The molecule has 1 aliphatic heterocycles. The number of rotatable bonds is 5. The summed E-state index contributed by atoms with van der Waals surface area (Å²) in [4.78, 5) is 39.9. The van der Waals surface area contributed by atoms with Crippen molar-refractivity contribution in [2.24, 2.45) is 7.05 Å². The van der Waals surface area contributed by atoms with E-state index in [0.29, 0.717) is 37.0 Å². The normalized spacial score (nSPS) is 14.4. The van der Waals surface area contributed by atoms with E-state index in [1.807, 2.05) is 18.2 Å². The number of fused-ring (bicyclic) bond motifs is 3. The first kappa shape index (κ1) is 22.4. The third kappa shape index (κ3) is 3.70. The summed E-state index contributed by atoms with van der Waals surface area (Å²) in [5, 5.41) is 22.3. The molecule has 1 fully saturated rings. The largest absolute Gasteiger partial charge is 0.493 e. The van der Waals surface area contributed by atoms with Crippen LogP contribution >= 0.6 is 0 Å². The van der Waals surface area contributed by atoms with Gasteiger partial charge in [0.2, 0.25) is 5.91 Å². The summed E-state index contributed by atoms with van der Waals surface area (Å²) < 4.78 is 8.60. The van der Waals surface area contributed by atoms with Crippen molar-refractivity contribution >= 4 is 33.6 Å². The van der Waals surface area contributed by atoms with Gasteiger partial charge in [0.05, 0.1) is 24.2 Å². The highest BCUT2D eigenvalue weighted by atomic mass is 16.5. The maximum atomic E-state index is 13.3. The van der Waals surface area contributed by atoms with Crippen LogP contribution in [0.2, 0.25) is 0 Å². The van der Waals surface area contributed by atoms with Gasteiger partial charge in [0, 0.05) is 31.6 Å². The number of aliphatic hydroxyl groups excluding tert-OH is 1. The predicted molar refractivity (Wildman–Crippen MR) is 121 cm³/mol. The number of aromatic nitrogens is 2. The van der Waals surface area contributed by atoms with Gasteiger partial charge in [0.15, 0.2) is 11.4 Å². The Kier molecular flexibility index (Phi) is 6.07. The van der Waals surface area contributed by atoms with Crippen LogP contribution in [0.1, 0.15) is 23.3 Å². The summed E-state index contributed by atoms with van der Waals surface area (Å²) in [6, 6.07) is 9.12. The van der Waals surface area contributed by atoms with Crippen molar-refractivity contribution in [1.82, 2.24) is 19.4 Å². The molecule has 0 spiro atoms. The van der Waals surface area contributed by atoms with Crippen molar-refractivity contribution in [3.05, 3.63) is 40.3 Å². The van der Waals surface area contributed by atoms with Gasteiger partial charge in [-0.2, -0.15) is 5.26 Å². The lowest BCUT2D eigenvalue weighted by Crippen LogP contribution is -2.47. The van der Waals surface area contributed by atoms with E-state index >= 15 is 0 Å². The minimum Gasteiger partial charge on any atom is -0.493 e. The third-order valence-electron chi connectivity index (χ3n) is 6.22. The van der Waals surface area contributed by atoms with E-state index in [2.05, 4.69) is 5.32 Å². The van der Waals surface area contributed by atoms with Crippen molar-refractivity contribution in [3.63, 3.8) is 0 Å². The van der Waals surface area contributed by atoms with Gasteiger partial charge >= 0.3 is 0 Å². The van der Waals surface area contributed by atoms with Crippen LogP contribution in [0.5, 0.6) is 5.75 Å². The summed E-state index contributed by atoms with van der Waals surface area (Å²) >= 11 is 0. The molecule has 2 aromatic heterocycles. The van der Waals surface area contributed by atoms with Crippen LogP contribution in [0.4, 0.5) is 0 Å². The summed E-state index contributed by atoms with van der Waals surface area (Å²) in [6.45, 7) is 0.238. The molecule has 3 heterocycles. The van der Waals surface area contributed by atoms with Crippen LogP contribution in [-0.2, 0) is 18.4 Å². The average molecular weight is 451 g/mol. The van der Waals surface area contributed by atoms with Crippen LogP contribution < -0.4 is 15.6 Å². The number of hydrogen-bond donors (Lipinski definition) is 2. The molecule has 33 heavy (non-hydrogen) atoms. The second-order valence-electron chi connectivity index (χ2n) is 8.02. The standard InChI is InChI=1S/C23H25N5O5/c1-26-19-15-5-3-4-6-16(15)28(12-9-24)23(32)18(19)21(33-2)20(26)22(31)25-14-7-10-27(11-8-14)17(30)13-29/h3-6,14,29H,7-8,10-13H2,1-2H3,(H,25,31). The van der Waals surface area contributed by atoms with E-state index in [-0.39, 0.29) is 41.2 Å². The first-order chi connectivity index (χ1) is 15.9. The molecular weight excluding hydrogens is 426 g/mol. The lowest BCUT2D eigenvalue weighted by atomic mass is 10.0.